The Hall–Kier alpha value is -3.29. The van der Waals surface area contributed by atoms with Crippen molar-refractivity contribution in [2.24, 2.45) is 7.05 Å². The van der Waals surface area contributed by atoms with Crippen LogP contribution in [0.3, 0.4) is 0 Å². The lowest BCUT2D eigenvalue weighted by Crippen LogP contribution is -2.13. The third-order valence-electron chi connectivity index (χ3n) is 4.79. The molecular weight excluding hydrogens is 394 g/mol. The van der Waals surface area contributed by atoms with Crippen molar-refractivity contribution in [3.8, 4) is 17.2 Å². The average molecular weight is 426 g/mol. The minimum atomic E-state index is 0.231. The summed E-state index contributed by atoms with van der Waals surface area (Å²) < 4.78 is 18.2. The van der Waals surface area contributed by atoms with Gasteiger partial charge in [-0.05, 0) is 44.0 Å². The zero-order valence-electron chi connectivity index (χ0n) is 19.3. The molecule has 0 aliphatic carbocycles. The molecule has 3 rings (SSSR count). The molecule has 0 spiro atoms. The normalized spacial score (nSPS) is 11.5. The Morgan fingerprint density at radius 2 is 1.71 bits per heavy atom. The second-order valence-electron chi connectivity index (χ2n) is 7.54. The SMILES string of the molecule is CCCc1nn(C)c2c(NC(C)C)nc(/C=C/c3cc(OC)c(OC)c(OC)c3)nc12. The third-order valence-corrected chi connectivity index (χ3v) is 4.79. The Morgan fingerprint density at radius 3 is 2.26 bits per heavy atom. The minimum absolute atomic E-state index is 0.231. The highest BCUT2D eigenvalue weighted by molar-refractivity contribution is 5.89. The predicted octanol–water partition coefficient (Wildman–Crippen LogP) is 4.33. The lowest BCUT2D eigenvalue weighted by atomic mass is 10.1. The van der Waals surface area contributed by atoms with E-state index in [9.17, 15) is 0 Å². The second kappa shape index (κ2) is 9.68. The van der Waals surface area contributed by atoms with E-state index in [-0.39, 0.29) is 6.04 Å². The second-order valence-corrected chi connectivity index (χ2v) is 7.54. The maximum atomic E-state index is 5.45. The standard InChI is InChI=1S/C23H31N5O3/c1-8-9-16-20-21(28(4)27-16)23(24-14(2)3)26-19(25-20)11-10-15-12-17(29-5)22(31-7)18(13-15)30-6/h10-14H,8-9H2,1-7H3,(H,24,25,26)/b11-10+. The van der Waals surface area contributed by atoms with Crippen LogP contribution in [0.2, 0.25) is 0 Å². The van der Waals surface area contributed by atoms with Crippen LogP contribution in [0.4, 0.5) is 5.82 Å². The molecule has 2 heterocycles. The van der Waals surface area contributed by atoms with Gasteiger partial charge in [0.25, 0.3) is 0 Å². The Labute approximate surface area is 183 Å². The van der Waals surface area contributed by atoms with Crippen molar-refractivity contribution in [3.63, 3.8) is 0 Å². The zero-order valence-corrected chi connectivity index (χ0v) is 19.3. The molecule has 0 atom stereocenters. The van der Waals surface area contributed by atoms with Crippen LogP contribution in [0.25, 0.3) is 23.2 Å². The Bertz CT molecular complexity index is 1060. The number of anilines is 1. The van der Waals surface area contributed by atoms with Gasteiger partial charge in [0.05, 0.1) is 27.0 Å². The van der Waals surface area contributed by atoms with E-state index in [0.717, 1.165) is 41.0 Å². The van der Waals surface area contributed by atoms with Gasteiger partial charge >= 0.3 is 0 Å². The summed E-state index contributed by atoms with van der Waals surface area (Å²) in [6.45, 7) is 6.31. The molecule has 0 saturated carbocycles. The topological polar surface area (TPSA) is 83.3 Å². The van der Waals surface area contributed by atoms with Gasteiger partial charge in [0, 0.05) is 13.1 Å². The van der Waals surface area contributed by atoms with Gasteiger partial charge in [0.2, 0.25) is 5.75 Å². The molecule has 0 radical (unpaired) electrons. The quantitative estimate of drug-likeness (QED) is 0.546. The number of methoxy groups -OCH3 is 3. The van der Waals surface area contributed by atoms with Gasteiger partial charge in [0.1, 0.15) is 11.0 Å². The van der Waals surface area contributed by atoms with Gasteiger partial charge < -0.3 is 19.5 Å². The lowest BCUT2D eigenvalue weighted by Gasteiger charge is -2.13. The number of nitrogens with zero attached hydrogens (tertiary/aromatic N) is 4. The lowest BCUT2D eigenvalue weighted by molar-refractivity contribution is 0.324. The molecule has 0 fully saturated rings. The number of benzene rings is 1. The number of aromatic nitrogens is 4. The molecule has 31 heavy (non-hydrogen) atoms. The molecule has 0 aliphatic rings. The van der Waals surface area contributed by atoms with E-state index in [0.29, 0.717) is 23.1 Å². The van der Waals surface area contributed by atoms with Crippen LogP contribution in [0.5, 0.6) is 17.2 Å². The summed E-state index contributed by atoms with van der Waals surface area (Å²) in [5, 5.41) is 8.11. The smallest absolute Gasteiger partial charge is 0.203 e. The van der Waals surface area contributed by atoms with Gasteiger partial charge in [0.15, 0.2) is 23.1 Å². The van der Waals surface area contributed by atoms with Crippen molar-refractivity contribution in [1.29, 1.82) is 0 Å². The van der Waals surface area contributed by atoms with E-state index in [2.05, 4.69) is 31.2 Å². The highest BCUT2D eigenvalue weighted by Gasteiger charge is 2.17. The molecular formula is C23H31N5O3. The van der Waals surface area contributed by atoms with Gasteiger partial charge in [-0.2, -0.15) is 5.10 Å². The molecule has 166 valence electrons. The Morgan fingerprint density at radius 1 is 1.03 bits per heavy atom. The largest absolute Gasteiger partial charge is 0.493 e. The molecule has 1 aromatic carbocycles. The maximum Gasteiger partial charge on any atom is 0.203 e. The van der Waals surface area contributed by atoms with Crippen LogP contribution in [0.1, 0.15) is 44.3 Å². The predicted molar refractivity (Wildman–Crippen MR) is 124 cm³/mol. The highest BCUT2D eigenvalue weighted by Crippen LogP contribution is 2.38. The van der Waals surface area contributed by atoms with E-state index >= 15 is 0 Å². The molecule has 1 N–H and O–H groups in total. The highest BCUT2D eigenvalue weighted by atomic mass is 16.5. The first kappa shape index (κ1) is 22.4. The minimum Gasteiger partial charge on any atom is -0.493 e. The van der Waals surface area contributed by atoms with E-state index in [1.54, 1.807) is 21.3 Å². The number of rotatable bonds is 9. The van der Waals surface area contributed by atoms with Gasteiger partial charge in [-0.25, -0.2) is 9.97 Å². The first-order chi connectivity index (χ1) is 14.9. The maximum absolute atomic E-state index is 5.45. The Kier molecular flexibility index (Phi) is 6.99. The van der Waals surface area contributed by atoms with Crippen LogP contribution in [-0.4, -0.2) is 47.1 Å². The molecule has 0 saturated heterocycles. The fraction of sp³-hybridized carbons (Fsp3) is 0.435. The van der Waals surface area contributed by atoms with Crippen molar-refractivity contribution in [3.05, 3.63) is 29.2 Å². The van der Waals surface area contributed by atoms with Gasteiger partial charge in [-0.15, -0.1) is 0 Å². The number of hydrogen-bond acceptors (Lipinski definition) is 7. The van der Waals surface area contributed by atoms with Crippen LogP contribution in [0, 0.1) is 0 Å². The number of ether oxygens (including phenoxy) is 3. The molecule has 8 heteroatoms. The van der Waals surface area contributed by atoms with E-state index < -0.39 is 0 Å². The summed E-state index contributed by atoms with van der Waals surface area (Å²) in [6, 6.07) is 4.00. The summed E-state index contributed by atoms with van der Waals surface area (Å²) in [5.74, 6) is 3.13. The number of aryl methyl sites for hydroxylation is 2. The van der Waals surface area contributed by atoms with Crippen molar-refractivity contribution >= 4 is 29.0 Å². The molecule has 0 amide bonds. The summed E-state index contributed by atoms with van der Waals surface area (Å²) in [6.07, 6.45) is 5.68. The van der Waals surface area contributed by atoms with Crippen molar-refractivity contribution < 1.29 is 14.2 Å². The van der Waals surface area contributed by atoms with E-state index in [1.165, 1.54) is 0 Å². The monoisotopic (exact) mass is 425 g/mol. The van der Waals surface area contributed by atoms with Crippen LogP contribution >= 0.6 is 0 Å². The third kappa shape index (κ3) is 4.73. The molecule has 2 aromatic heterocycles. The van der Waals surface area contributed by atoms with Crippen LogP contribution in [0.15, 0.2) is 12.1 Å². The van der Waals surface area contributed by atoms with Crippen molar-refractivity contribution in [1.82, 2.24) is 19.7 Å². The van der Waals surface area contributed by atoms with Gasteiger partial charge in [-0.1, -0.05) is 19.4 Å². The van der Waals surface area contributed by atoms with Crippen LogP contribution < -0.4 is 19.5 Å². The molecule has 0 unspecified atom stereocenters. The first-order valence-corrected chi connectivity index (χ1v) is 10.4. The summed E-state index contributed by atoms with van der Waals surface area (Å²) in [5.41, 5.74) is 3.67. The van der Waals surface area contributed by atoms with Crippen molar-refractivity contribution in [2.75, 3.05) is 26.6 Å². The zero-order chi connectivity index (χ0) is 22.5. The average Bonchev–Trinajstić information content (AvgIpc) is 3.06. The molecule has 8 nitrogen and oxygen atoms in total. The number of nitrogens with one attached hydrogen (secondary N) is 1. The van der Waals surface area contributed by atoms with E-state index in [4.69, 9.17) is 24.2 Å². The molecule has 0 bridgehead atoms. The van der Waals surface area contributed by atoms with Gasteiger partial charge in [-0.3, -0.25) is 4.68 Å². The number of hydrogen-bond donors (Lipinski definition) is 1. The number of fused-ring (bicyclic) bond motifs is 1. The van der Waals surface area contributed by atoms with Crippen molar-refractivity contribution in [2.45, 2.75) is 39.7 Å². The summed E-state index contributed by atoms with van der Waals surface area (Å²) in [4.78, 5) is 9.56. The first-order valence-electron chi connectivity index (χ1n) is 10.4. The summed E-state index contributed by atoms with van der Waals surface area (Å²) >= 11 is 0. The fourth-order valence-electron chi connectivity index (χ4n) is 3.48. The van der Waals surface area contributed by atoms with Crippen LogP contribution in [-0.2, 0) is 13.5 Å². The fourth-order valence-corrected chi connectivity index (χ4v) is 3.48. The van der Waals surface area contributed by atoms with E-state index in [1.807, 2.05) is 36.0 Å². The molecule has 0 aliphatic heterocycles. The molecule has 3 aromatic rings. The Balaban J connectivity index is 2.08. The summed E-state index contributed by atoms with van der Waals surface area (Å²) in [7, 11) is 6.72.